The Labute approximate surface area is 171 Å². The van der Waals surface area contributed by atoms with Gasteiger partial charge in [0.25, 0.3) is 11.8 Å². The van der Waals surface area contributed by atoms with Gasteiger partial charge in [0.05, 0.1) is 12.2 Å². The topological polar surface area (TPSA) is 97.9 Å². The van der Waals surface area contributed by atoms with Gasteiger partial charge in [0.1, 0.15) is 0 Å². The Morgan fingerprint density at radius 1 is 1.31 bits per heavy atom. The monoisotopic (exact) mass is 401 g/mol. The van der Waals surface area contributed by atoms with E-state index in [1.54, 1.807) is 9.58 Å². The van der Waals surface area contributed by atoms with Gasteiger partial charge in [0.2, 0.25) is 0 Å². The summed E-state index contributed by atoms with van der Waals surface area (Å²) in [5.74, 6) is -0.107. The van der Waals surface area contributed by atoms with Crippen molar-refractivity contribution >= 4 is 11.8 Å². The van der Waals surface area contributed by atoms with Crippen LogP contribution in [0, 0.1) is 19.8 Å². The molecule has 0 aromatic carbocycles. The van der Waals surface area contributed by atoms with Gasteiger partial charge in [-0.05, 0) is 40.0 Å². The van der Waals surface area contributed by atoms with Crippen molar-refractivity contribution in [2.75, 3.05) is 6.54 Å². The standard InChI is InChI=1S/C20H31N7O2/c1-7-25(11-16-13(5)23-26(8-2)14(16)6)20(29)17-18-19(28)21-15(9-12(3)4)10-27(18)24-22-17/h12,15H,7-11H2,1-6H3,(H,21,28)/t15-/m0/s1. The zero-order valence-corrected chi connectivity index (χ0v) is 18.2. The predicted octanol–water partition coefficient (Wildman–Crippen LogP) is 1.93. The zero-order chi connectivity index (χ0) is 21.3. The molecule has 9 nitrogen and oxygen atoms in total. The molecule has 0 fully saturated rings. The third-order valence-corrected chi connectivity index (χ3v) is 5.49. The molecule has 1 aliphatic heterocycles. The number of hydrogen-bond donors (Lipinski definition) is 1. The van der Waals surface area contributed by atoms with Crippen LogP contribution in [0.2, 0.25) is 0 Å². The van der Waals surface area contributed by atoms with Crippen molar-refractivity contribution < 1.29 is 9.59 Å². The van der Waals surface area contributed by atoms with Crippen LogP contribution in [-0.2, 0) is 19.6 Å². The van der Waals surface area contributed by atoms with Gasteiger partial charge >= 0.3 is 0 Å². The fraction of sp³-hybridized carbons (Fsp3) is 0.650. The highest BCUT2D eigenvalue weighted by Crippen LogP contribution is 2.20. The fourth-order valence-corrected chi connectivity index (χ4v) is 3.96. The summed E-state index contributed by atoms with van der Waals surface area (Å²) in [7, 11) is 0. The highest BCUT2D eigenvalue weighted by atomic mass is 16.2. The van der Waals surface area contributed by atoms with Crippen LogP contribution in [0.5, 0.6) is 0 Å². The second-order valence-corrected chi connectivity index (χ2v) is 8.05. The Balaban J connectivity index is 1.84. The number of nitrogens with one attached hydrogen (secondary N) is 1. The number of carbonyl (C=O) groups is 2. The molecule has 2 amide bonds. The van der Waals surface area contributed by atoms with E-state index in [9.17, 15) is 9.59 Å². The Morgan fingerprint density at radius 2 is 2.03 bits per heavy atom. The second kappa shape index (κ2) is 8.34. The maximum absolute atomic E-state index is 13.2. The van der Waals surface area contributed by atoms with Gasteiger partial charge in [0, 0.05) is 36.9 Å². The largest absolute Gasteiger partial charge is 0.346 e. The highest BCUT2D eigenvalue weighted by molar-refractivity contribution is 6.05. The summed E-state index contributed by atoms with van der Waals surface area (Å²) in [5.41, 5.74) is 3.37. The molecule has 0 saturated heterocycles. The third-order valence-electron chi connectivity index (χ3n) is 5.49. The molecule has 0 saturated carbocycles. The number of carbonyl (C=O) groups excluding carboxylic acids is 2. The fourth-order valence-electron chi connectivity index (χ4n) is 3.96. The number of hydrogen-bond acceptors (Lipinski definition) is 5. The maximum Gasteiger partial charge on any atom is 0.277 e. The molecule has 1 aliphatic rings. The molecular weight excluding hydrogens is 370 g/mol. The van der Waals surface area contributed by atoms with Gasteiger partial charge in [-0.3, -0.25) is 14.3 Å². The molecule has 3 rings (SSSR count). The Bertz CT molecular complexity index is 912. The number of fused-ring (bicyclic) bond motifs is 1. The van der Waals surface area contributed by atoms with E-state index in [1.807, 2.05) is 32.4 Å². The SMILES string of the molecule is CCN(Cc1c(C)nn(CC)c1C)C(=O)c1nnn2c1C(=O)N[C@@H](CC(C)C)C2. The van der Waals surface area contributed by atoms with Crippen molar-refractivity contribution in [3.05, 3.63) is 28.3 Å². The third kappa shape index (κ3) is 4.04. The normalized spacial score (nSPS) is 16.1. The number of nitrogens with zero attached hydrogens (tertiary/aromatic N) is 6. The lowest BCUT2D eigenvalue weighted by atomic mass is 10.0. The molecule has 2 aromatic heterocycles. The predicted molar refractivity (Wildman–Crippen MR) is 109 cm³/mol. The first kappa shape index (κ1) is 21.0. The highest BCUT2D eigenvalue weighted by Gasteiger charge is 2.34. The maximum atomic E-state index is 13.2. The average Bonchev–Trinajstić information content (AvgIpc) is 3.20. The van der Waals surface area contributed by atoms with Crippen molar-refractivity contribution in [1.29, 1.82) is 0 Å². The lowest BCUT2D eigenvalue weighted by Gasteiger charge is -2.26. The molecule has 0 aliphatic carbocycles. The van der Waals surface area contributed by atoms with Crippen LogP contribution in [0.4, 0.5) is 0 Å². The molecule has 0 bridgehead atoms. The molecule has 29 heavy (non-hydrogen) atoms. The molecule has 0 spiro atoms. The first-order valence-electron chi connectivity index (χ1n) is 10.3. The Kier molecular flexibility index (Phi) is 6.04. The van der Waals surface area contributed by atoms with Gasteiger partial charge in [-0.1, -0.05) is 19.1 Å². The van der Waals surface area contributed by atoms with Crippen LogP contribution < -0.4 is 5.32 Å². The minimum Gasteiger partial charge on any atom is -0.346 e. The van der Waals surface area contributed by atoms with Gasteiger partial charge in [-0.2, -0.15) is 5.10 Å². The van der Waals surface area contributed by atoms with Crippen molar-refractivity contribution in [2.24, 2.45) is 5.92 Å². The van der Waals surface area contributed by atoms with E-state index in [4.69, 9.17) is 0 Å². The van der Waals surface area contributed by atoms with Crippen molar-refractivity contribution in [1.82, 2.24) is 35.0 Å². The molecule has 158 valence electrons. The Morgan fingerprint density at radius 3 is 2.62 bits per heavy atom. The Hall–Kier alpha value is -2.71. The zero-order valence-electron chi connectivity index (χ0n) is 18.2. The summed E-state index contributed by atoms with van der Waals surface area (Å²) < 4.78 is 3.50. The lowest BCUT2D eigenvalue weighted by molar-refractivity contribution is 0.0735. The van der Waals surface area contributed by atoms with Crippen LogP contribution >= 0.6 is 0 Å². The summed E-state index contributed by atoms with van der Waals surface area (Å²) in [6.45, 7) is 14.4. The van der Waals surface area contributed by atoms with E-state index in [0.29, 0.717) is 25.6 Å². The average molecular weight is 402 g/mol. The smallest absolute Gasteiger partial charge is 0.277 e. The first-order chi connectivity index (χ1) is 13.8. The van der Waals surface area contributed by atoms with Crippen LogP contribution in [0.1, 0.15) is 72.0 Å². The molecule has 0 unspecified atom stereocenters. The summed E-state index contributed by atoms with van der Waals surface area (Å²) in [4.78, 5) is 27.6. The van der Waals surface area contributed by atoms with E-state index in [1.165, 1.54) is 0 Å². The minimum absolute atomic E-state index is 0.00659. The van der Waals surface area contributed by atoms with Crippen molar-refractivity contribution in [3.63, 3.8) is 0 Å². The van der Waals surface area contributed by atoms with Gasteiger partial charge in [-0.15, -0.1) is 5.10 Å². The van der Waals surface area contributed by atoms with E-state index in [2.05, 4.69) is 34.6 Å². The minimum atomic E-state index is -0.283. The van der Waals surface area contributed by atoms with E-state index >= 15 is 0 Å². The molecule has 0 radical (unpaired) electrons. The first-order valence-corrected chi connectivity index (χ1v) is 10.3. The van der Waals surface area contributed by atoms with E-state index < -0.39 is 0 Å². The summed E-state index contributed by atoms with van der Waals surface area (Å²) >= 11 is 0. The quantitative estimate of drug-likeness (QED) is 0.764. The number of aromatic nitrogens is 5. The van der Waals surface area contributed by atoms with E-state index in [0.717, 1.165) is 29.9 Å². The number of amides is 2. The molecule has 1 N–H and O–H groups in total. The molecular formula is C20H31N7O2. The molecule has 1 atom stereocenters. The van der Waals surface area contributed by atoms with Crippen LogP contribution in [0.3, 0.4) is 0 Å². The van der Waals surface area contributed by atoms with Gasteiger partial charge in [0.15, 0.2) is 11.4 Å². The van der Waals surface area contributed by atoms with Crippen LogP contribution in [-0.4, -0.2) is 54.1 Å². The van der Waals surface area contributed by atoms with Crippen molar-refractivity contribution in [3.8, 4) is 0 Å². The summed E-state index contributed by atoms with van der Waals surface area (Å²) in [6.07, 6.45) is 0.857. The molecule has 3 heterocycles. The second-order valence-electron chi connectivity index (χ2n) is 8.05. The summed E-state index contributed by atoms with van der Waals surface area (Å²) in [6, 6.07) is 0.00659. The van der Waals surface area contributed by atoms with Gasteiger partial charge in [-0.25, -0.2) is 4.68 Å². The van der Waals surface area contributed by atoms with Gasteiger partial charge < -0.3 is 10.2 Å². The van der Waals surface area contributed by atoms with Crippen LogP contribution in [0.25, 0.3) is 0 Å². The molecule has 9 heteroatoms. The van der Waals surface area contributed by atoms with E-state index in [-0.39, 0.29) is 29.2 Å². The molecule has 2 aromatic rings. The number of aryl methyl sites for hydroxylation is 2. The van der Waals surface area contributed by atoms with Crippen molar-refractivity contribution in [2.45, 2.75) is 73.6 Å². The van der Waals surface area contributed by atoms with Crippen LogP contribution in [0.15, 0.2) is 0 Å². The number of rotatable bonds is 7. The lowest BCUT2D eigenvalue weighted by Crippen LogP contribution is -2.46. The summed E-state index contributed by atoms with van der Waals surface area (Å²) in [5, 5.41) is 15.7.